The summed E-state index contributed by atoms with van der Waals surface area (Å²) in [6.07, 6.45) is 1.05. The molecule has 0 aliphatic rings. The molecule has 0 radical (unpaired) electrons. The minimum Gasteiger partial charge on any atom is -0.334 e. The number of aromatic nitrogens is 2. The molecular formula is C18H14ClN7O5. The van der Waals surface area contributed by atoms with Crippen LogP contribution in [0.3, 0.4) is 0 Å². The van der Waals surface area contributed by atoms with Crippen LogP contribution in [-0.4, -0.2) is 25.7 Å². The van der Waals surface area contributed by atoms with Crippen LogP contribution in [0.15, 0.2) is 48.8 Å². The van der Waals surface area contributed by atoms with E-state index >= 15 is 0 Å². The molecule has 0 fully saturated rings. The number of nitro groups is 2. The Balaban J connectivity index is 1.88. The SMILES string of the molecule is Cc1c(Cl)cccc1Nc1ncnc(NNC(=O)c2ccccc2[N+](=O)[O-])c1[N+](=O)[O-]. The van der Waals surface area contributed by atoms with Gasteiger partial charge in [-0.25, -0.2) is 9.97 Å². The van der Waals surface area contributed by atoms with E-state index in [-0.39, 0.29) is 17.2 Å². The molecule has 1 heterocycles. The number of nitrogens with one attached hydrogen (secondary N) is 3. The summed E-state index contributed by atoms with van der Waals surface area (Å²) in [5, 5.41) is 26.0. The van der Waals surface area contributed by atoms with Gasteiger partial charge in [0.2, 0.25) is 11.6 Å². The van der Waals surface area contributed by atoms with Crippen molar-refractivity contribution in [3.8, 4) is 0 Å². The second-order valence-electron chi connectivity index (χ2n) is 6.07. The lowest BCUT2D eigenvalue weighted by Crippen LogP contribution is -2.30. The lowest BCUT2D eigenvalue weighted by atomic mass is 10.2. The van der Waals surface area contributed by atoms with E-state index in [0.717, 1.165) is 12.4 Å². The predicted octanol–water partition coefficient (Wildman–Crippen LogP) is 3.76. The Labute approximate surface area is 179 Å². The Morgan fingerprint density at radius 1 is 1.00 bits per heavy atom. The molecule has 0 saturated heterocycles. The number of para-hydroxylation sites is 1. The molecule has 0 aliphatic heterocycles. The highest BCUT2D eigenvalue weighted by molar-refractivity contribution is 6.31. The summed E-state index contributed by atoms with van der Waals surface area (Å²) in [5.74, 6) is -1.35. The molecule has 0 bridgehead atoms. The van der Waals surface area contributed by atoms with Gasteiger partial charge in [0.25, 0.3) is 11.6 Å². The van der Waals surface area contributed by atoms with E-state index in [9.17, 15) is 25.0 Å². The second kappa shape index (κ2) is 9.00. The van der Waals surface area contributed by atoms with E-state index in [1.807, 2.05) is 0 Å². The first kappa shape index (κ1) is 21.4. The maximum atomic E-state index is 12.4. The van der Waals surface area contributed by atoms with Gasteiger partial charge in [-0.15, -0.1) is 0 Å². The smallest absolute Gasteiger partial charge is 0.334 e. The molecule has 0 atom stereocenters. The fourth-order valence-corrected chi connectivity index (χ4v) is 2.79. The number of anilines is 3. The highest BCUT2D eigenvalue weighted by Gasteiger charge is 2.25. The van der Waals surface area contributed by atoms with Crippen LogP contribution in [0.5, 0.6) is 0 Å². The van der Waals surface area contributed by atoms with Crippen LogP contribution in [0.1, 0.15) is 15.9 Å². The van der Waals surface area contributed by atoms with Gasteiger partial charge in [0.15, 0.2) is 0 Å². The molecule has 2 aromatic carbocycles. The third-order valence-electron chi connectivity index (χ3n) is 4.17. The summed E-state index contributed by atoms with van der Waals surface area (Å²) in [4.78, 5) is 41.4. The van der Waals surface area contributed by atoms with Crippen molar-refractivity contribution in [2.24, 2.45) is 0 Å². The van der Waals surface area contributed by atoms with Gasteiger partial charge in [0.1, 0.15) is 11.9 Å². The van der Waals surface area contributed by atoms with Crippen molar-refractivity contribution in [2.45, 2.75) is 6.92 Å². The van der Waals surface area contributed by atoms with Crippen molar-refractivity contribution >= 4 is 46.2 Å². The van der Waals surface area contributed by atoms with Gasteiger partial charge in [0.05, 0.1) is 9.85 Å². The van der Waals surface area contributed by atoms with Crippen LogP contribution in [0, 0.1) is 27.2 Å². The quantitative estimate of drug-likeness (QED) is 0.364. The van der Waals surface area contributed by atoms with Crippen molar-refractivity contribution in [3.05, 3.63) is 85.2 Å². The van der Waals surface area contributed by atoms with E-state index in [4.69, 9.17) is 11.6 Å². The predicted molar refractivity (Wildman–Crippen MR) is 112 cm³/mol. The molecule has 3 N–H and O–H groups in total. The van der Waals surface area contributed by atoms with Gasteiger partial charge >= 0.3 is 5.69 Å². The number of hydrogen-bond donors (Lipinski definition) is 3. The van der Waals surface area contributed by atoms with Crippen molar-refractivity contribution in [3.63, 3.8) is 0 Å². The zero-order valence-electron chi connectivity index (χ0n) is 15.8. The fourth-order valence-electron chi connectivity index (χ4n) is 2.61. The molecule has 0 spiro atoms. The number of nitrogens with zero attached hydrogens (tertiary/aromatic N) is 4. The average Bonchev–Trinajstić information content (AvgIpc) is 2.75. The minimum absolute atomic E-state index is 0.146. The Hall–Kier alpha value is -4.32. The number of amides is 1. The highest BCUT2D eigenvalue weighted by Crippen LogP contribution is 2.33. The zero-order valence-corrected chi connectivity index (χ0v) is 16.6. The van der Waals surface area contributed by atoms with Gasteiger partial charge in [-0.2, -0.15) is 0 Å². The van der Waals surface area contributed by atoms with E-state index in [0.29, 0.717) is 16.3 Å². The summed E-state index contributed by atoms with van der Waals surface area (Å²) in [6, 6.07) is 10.3. The highest BCUT2D eigenvalue weighted by atomic mass is 35.5. The standard InChI is InChI=1S/C18H14ClN7O5/c1-10-12(19)6-4-7-13(10)22-16-15(26(30)31)17(21-9-20-16)23-24-18(27)11-5-2-3-8-14(11)25(28)29/h2-9H,1H3,(H,24,27)(H2,20,21,22,23). The maximum absolute atomic E-state index is 12.4. The zero-order chi connectivity index (χ0) is 22.5. The third kappa shape index (κ3) is 4.64. The van der Waals surface area contributed by atoms with Crippen molar-refractivity contribution < 1.29 is 14.6 Å². The van der Waals surface area contributed by atoms with Crippen LogP contribution in [0.2, 0.25) is 5.02 Å². The summed E-state index contributed by atoms with van der Waals surface area (Å²) >= 11 is 6.08. The number of rotatable bonds is 7. The molecule has 13 heteroatoms. The van der Waals surface area contributed by atoms with Crippen molar-refractivity contribution in [2.75, 3.05) is 10.7 Å². The molecule has 3 rings (SSSR count). The number of nitro benzene ring substituents is 1. The maximum Gasteiger partial charge on any atom is 0.355 e. The third-order valence-corrected chi connectivity index (χ3v) is 4.57. The van der Waals surface area contributed by atoms with Crippen LogP contribution in [0.4, 0.5) is 28.7 Å². The first-order valence-electron chi connectivity index (χ1n) is 8.61. The van der Waals surface area contributed by atoms with Crippen LogP contribution in [0.25, 0.3) is 0 Å². The number of hydrazine groups is 1. The average molecular weight is 444 g/mol. The van der Waals surface area contributed by atoms with Gasteiger partial charge in [-0.3, -0.25) is 35.9 Å². The molecule has 12 nitrogen and oxygen atoms in total. The van der Waals surface area contributed by atoms with Gasteiger partial charge in [-0.1, -0.05) is 29.8 Å². The lowest BCUT2D eigenvalue weighted by molar-refractivity contribution is -0.385. The molecule has 1 amide bonds. The first-order chi connectivity index (χ1) is 14.8. The van der Waals surface area contributed by atoms with Crippen LogP contribution < -0.4 is 16.2 Å². The monoisotopic (exact) mass is 443 g/mol. The minimum atomic E-state index is -0.875. The first-order valence-corrected chi connectivity index (χ1v) is 8.98. The van der Waals surface area contributed by atoms with E-state index in [2.05, 4.69) is 26.1 Å². The topological polar surface area (TPSA) is 165 Å². The summed E-state index contributed by atoms with van der Waals surface area (Å²) < 4.78 is 0. The fraction of sp³-hybridized carbons (Fsp3) is 0.0556. The molecule has 31 heavy (non-hydrogen) atoms. The van der Waals surface area contributed by atoms with Crippen molar-refractivity contribution in [1.82, 2.24) is 15.4 Å². The Bertz CT molecular complexity index is 1190. The van der Waals surface area contributed by atoms with Crippen LogP contribution >= 0.6 is 11.6 Å². The van der Waals surface area contributed by atoms with E-state index in [1.165, 1.54) is 18.2 Å². The number of carbonyl (C=O) groups is 1. The molecule has 1 aromatic heterocycles. The van der Waals surface area contributed by atoms with Gasteiger partial charge in [0, 0.05) is 16.8 Å². The van der Waals surface area contributed by atoms with E-state index < -0.39 is 27.1 Å². The van der Waals surface area contributed by atoms with Gasteiger partial charge in [-0.05, 0) is 30.7 Å². The molecule has 0 unspecified atom stereocenters. The second-order valence-corrected chi connectivity index (χ2v) is 6.47. The summed E-state index contributed by atoms with van der Waals surface area (Å²) in [5.41, 5.74) is 4.45. The number of benzene rings is 2. The number of hydrogen-bond acceptors (Lipinski definition) is 9. The number of carbonyl (C=O) groups excluding carboxylic acids is 1. The summed E-state index contributed by atoms with van der Waals surface area (Å²) in [6.45, 7) is 1.73. The largest absolute Gasteiger partial charge is 0.355 e. The van der Waals surface area contributed by atoms with E-state index in [1.54, 1.807) is 25.1 Å². The summed E-state index contributed by atoms with van der Waals surface area (Å²) in [7, 11) is 0. The Morgan fingerprint density at radius 2 is 1.71 bits per heavy atom. The molecule has 0 aliphatic carbocycles. The Morgan fingerprint density at radius 3 is 2.42 bits per heavy atom. The molecular weight excluding hydrogens is 430 g/mol. The normalized spacial score (nSPS) is 10.3. The Kier molecular flexibility index (Phi) is 6.21. The van der Waals surface area contributed by atoms with Gasteiger partial charge < -0.3 is 5.32 Å². The molecule has 158 valence electrons. The molecule has 0 saturated carbocycles. The lowest BCUT2D eigenvalue weighted by Gasteiger charge is -2.12. The van der Waals surface area contributed by atoms with Crippen molar-refractivity contribution in [1.29, 1.82) is 0 Å². The van der Waals surface area contributed by atoms with Crippen LogP contribution in [-0.2, 0) is 0 Å². The molecule has 3 aromatic rings. The number of halogens is 1.